The third-order valence-electron chi connectivity index (χ3n) is 2.52. The molecule has 0 atom stereocenters. The lowest BCUT2D eigenvalue weighted by atomic mass is 10.3. The number of hydrogen-bond acceptors (Lipinski definition) is 4. The highest BCUT2D eigenvalue weighted by Gasteiger charge is 2.23. The SMILES string of the molecule is Cc1cc(NS(=O)(=O)c2cc(Cl)cc(Cl)c2O)n(C)n1. The summed E-state index contributed by atoms with van der Waals surface area (Å²) in [5.74, 6) is -0.291. The van der Waals surface area contributed by atoms with Crippen molar-refractivity contribution in [2.75, 3.05) is 4.72 Å². The van der Waals surface area contributed by atoms with Crippen molar-refractivity contribution >= 4 is 39.0 Å². The Bertz CT molecular complexity index is 771. The molecule has 0 saturated carbocycles. The minimum absolute atomic E-state index is 0.106. The molecule has 20 heavy (non-hydrogen) atoms. The quantitative estimate of drug-likeness (QED) is 0.902. The van der Waals surface area contributed by atoms with Gasteiger partial charge in [0, 0.05) is 18.1 Å². The Morgan fingerprint density at radius 1 is 1.30 bits per heavy atom. The van der Waals surface area contributed by atoms with Crippen molar-refractivity contribution in [3.8, 4) is 5.75 Å². The molecule has 6 nitrogen and oxygen atoms in total. The molecule has 0 radical (unpaired) electrons. The van der Waals surface area contributed by atoms with Crippen molar-refractivity contribution in [3.63, 3.8) is 0 Å². The van der Waals surface area contributed by atoms with Gasteiger partial charge in [-0.1, -0.05) is 23.2 Å². The summed E-state index contributed by atoms with van der Waals surface area (Å²) in [4.78, 5) is -0.395. The van der Waals surface area contributed by atoms with E-state index in [0.29, 0.717) is 5.69 Å². The number of phenolic OH excluding ortho intramolecular Hbond substituents is 1. The van der Waals surface area contributed by atoms with E-state index in [1.165, 1.54) is 10.7 Å². The summed E-state index contributed by atoms with van der Waals surface area (Å²) in [5, 5.41) is 13.8. The summed E-state index contributed by atoms with van der Waals surface area (Å²) in [7, 11) is -2.43. The fourth-order valence-electron chi connectivity index (χ4n) is 1.65. The molecule has 0 bridgehead atoms. The molecule has 2 aromatic rings. The molecular weight excluding hydrogens is 325 g/mol. The zero-order valence-electron chi connectivity index (χ0n) is 10.6. The molecular formula is C11H11Cl2N3O3S. The Kier molecular flexibility index (Phi) is 3.86. The zero-order valence-corrected chi connectivity index (χ0v) is 12.9. The van der Waals surface area contributed by atoms with Crippen molar-refractivity contribution in [2.45, 2.75) is 11.8 Å². The normalized spacial score (nSPS) is 11.6. The number of benzene rings is 1. The molecule has 1 aromatic carbocycles. The highest BCUT2D eigenvalue weighted by molar-refractivity contribution is 7.92. The first kappa shape index (κ1) is 15.0. The highest BCUT2D eigenvalue weighted by atomic mass is 35.5. The Labute approximate surface area is 126 Å². The van der Waals surface area contributed by atoms with Gasteiger partial charge in [0.2, 0.25) is 0 Å². The molecule has 0 aliphatic rings. The number of aromatic nitrogens is 2. The predicted octanol–water partition coefficient (Wildman–Crippen LogP) is 2.54. The summed E-state index contributed by atoms with van der Waals surface area (Å²) in [6.45, 7) is 1.73. The standard InChI is InChI=1S/C11H11Cl2N3O3S/c1-6-3-10(16(2)14-6)15-20(18,19)9-5-7(12)4-8(13)11(9)17/h3-5,15,17H,1-2H3. The molecule has 108 valence electrons. The maximum atomic E-state index is 12.3. The summed E-state index contributed by atoms with van der Waals surface area (Å²) < 4.78 is 28.2. The molecule has 0 amide bonds. The summed E-state index contributed by atoms with van der Waals surface area (Å²) in [6, 6.07) is 3.93. The van der Waals surface area contributed by atoms with Gasteiger partial charge in [-0.2, -0.15) is 5.10 Å². The predicted molar refractivity (Wildman–Crippen MR) is 76.9 cm³/mol. The van der Waals surface area contributed by atoms with E-state index in [1.807, 2.05) is 0 Å². The van der Waals surface area contributed by atoms with Crippen LogP contribution in [0.25, 0.3) is 0 Å². The van der Waals surface area contributed by atoms with E-state index < -0.39 is 20.7 Å². The molecule has 2 rings (SSSR count). The first-order chi connectivity index (χ1) is 9.20. The van der Waals surface area contributed by atoms with Crippen molar-refractivity contribution in [1.29, 1.82) is 0 Å². The van der Waals surface area contributed by atoms with Crippen LogP contribution in [0, 0.1) is 6.92 Å². The number of aryl methyl sites for hydroxylation is 2. The van der Waals surface area contributed by atoms with Crippen molar-refractivity contribution in [1.82, 2.24) is 9.78 Å². The summed E-state index contributed by atoms with van der Waals surface area (Å²) >= 11 is 11.5. The van der Waals surface area contributed by atoms with Crippen LogP contribution in [0.3, 0.4) is 0 Å². The Hall–Kier alpha value is -1.44. The summed E-state index contributed by atoms with van der Waals surface area (Å²) in [6.07, 6.45) is 0. The Balaban J connectivity index is 2.49. The lowest BCUT2D eigenvalue weighted by molar-refractivity contribution is 0.459. The van der Waals surface area contributed by atoms with Crippen LogP contribution >= 0.6 is 23.2 Å². The van der Waals surface area contributed by atoms with Gasteiger partial charge in [0.05, 0.1) is 10.7 Å². The number of nitrogens with one attached hydrogen (secondary N) is 1. The third-order valence-corrected chi connectivity index (χ3v) is 4.40. The summed E-state index contributed by atoms with van der Waals surface area (Å²) in [5.41, 5.74) is 0.651. The van der Waals surface area contributed by atoms with E-state index >= 15 is 0 Å². The molecule has 0 spiro atoms. The van der Waals surface area contributed by atoms with Crippen LogP contribution in [0.1, 0.15) is 5.69 Å². The molecule has 9 heteroatoms. The van der Waals surface area contributed by atoms with E-state index in [9.17, 15) is 13.5 Å². The van der Waals surface area contributed by atoms with Crippen molar-refractivity contribution in [3.05, 3.63) is 33.9 Å². The van der Waals surface area contributed by atoms with Crippen LogP contribution in [0.2, 0.25) is 10.0 Å². The number of hydrogen-bond donors (Lipinski definition) is 2. The largest absolute Gasteiger partial charge is 0.505 e. The third kappa shape index (κ3) is 2.84. The van der Waals surface area contributed by atoms with Gasteiger partial charge in [0.1, 0.15) is 10.7 Å². The maximum Gasteiger partial charge on any atom is 0.266 e. The maximum absolute atomic E-state index is 12.3. The van der Waals surface area contributed by atoms with Gasteiger partial charge in [-0.3, -0.25) is 9.40 Å². The number of aromatic hydroxyl groups is 1. The lowest BCUT2D eigenvalue weighted by Gasteiger charge is -2.10. The number of halogens is 2. The molecule has 0 unspecified atom stereocenters. The molecule has 0 aliphatic heterocycles. The topological polar surface area (TPSA) is 84.2 Å². The van der Waals surface area contributed by atoms with E-state index in [2.05, 4.69) is 9.82 Å². The second-order valence-corrected chi connectivity index (χ2v) is 6.63. The zero-order chi connectivity index (χ0) is 15.1. The Morgan fingerprint density at radius 2 is 1.95 bits per heavy atom. The van der Waals surface area contributed by atoms with Crippen LogP contribution < -0.4 is 4.72 Å². The minimum atomic E-state index is -4.03. The van der Waals surface area contributed by atoms with Gasteiger partial charge in [-0.15, -0.1) is 0 Å². The number of nitrogens with zero attached hydrogens (tertiary/aromatic N) is 2. The lowest BCUT2D eigenvalue weighted by Crippen LogP contribution is -2.15. The average Bonchev–Trinajstić information content (AvgIpc) is 2.61. The number of rotatable bonds is 3. The van der Waals surface area contributed by atoms with E-state index in [4.69, 9.17) is 23.2 Å². The van der Waals surface area contributed by atoms with Crippen molar-refractivity contribution < 1.29 is 13.5 Å². The highest BCUT2D eigenvalue weighted by Crippen LogP contribution is 2.34. The van der Waals surface area contributed by atoms with Gasteiger partial charge in [0.25, 0.3) is 10.0 Å². The molecule has 0 aliphatic carbocycles. The molecule has 1 heterocycles. The van der Waals surface area contributed by atoms with Crippen LogP contribution in [-0.2, 0) is 17.1 Å². The van der Waals surface area contributed by atoms with Gasteiger partial charge in [-0.25, -0.2) is 8.42 Å². The van der Waals surface area contributed by atoms with Crippen LogP contribution in [0.5, 0.6) is 5.75 Å². The van der Waals surface area contributed by atoms with Gasteiger partial charge in [0.15, 0.2) is 5.75 Å². The Morgan fingerprint density at radius 3 is 2.50 bits per heavy atom. The smallest absolute Gasteiger partial charge is 0.266 e. The van der Waals surface area contributed by atoms with Crippen LogP contribution in [0.15, 0.2) is 23.1 Å². The van der Waals surface area contributed by atoms with E-state index in [1.54, 1.807) is 20.0 Å². The van der Waals surface area contributed by atoms with E-state index in [0.717, 1.165) is 6.07 Å². The molecule has 0 fully saturated rings. The minimum Gasteiger partial charge on any atom is -0.505 e. The monoisotopic (exact) mass is 335 g/mol. The van der Waals surface area contributed by atoms with E-state index in [-0.39, 0.29) is 15.9 Å². The fraction of sp³-hybridized carbons (Fsp3) is 0.182. The van der Waals surface area contributed by atoms with Gasteiger partial charge >= 0.3 is 0 Å². The van der Waals surface area contributed by atoms with Gasteiger partial charge in [-0.05, 0) is 19.1 Å². The fourth-order valence-corrected chi connectivity index (χ4v) is 3.48. The van der Waals surface area contributed by atoms with Gasteiger partial charge < -0.3 is 5.11 Å². The first-order valence-electron chi connectivity index (χ1n) is 5.42. The average molecular weight is 336 g/mol. The second kappa shape index (κ2) is 5.16. The molecule has 2 N–H and O–H groups in total. The van der Waals surface area contributed by atoms with Crippen molar-refractivity contribution in [2.24, 2.45) is 7.05 Å². The first-order valence-corrected chi connectivity index (χ1v) is 7.66. The molecule has 1 aromatic heterocycles. The second-order valence-electron chi connectivity index (χ2n) is 4.13. The van der Waals surface area contributed by atoms with Crippen LogP contribution in [0.4, 0.5) is 5.82 Å². The van der Waals surface area contributed by atoms with Crippen LogP contribution in [-0.4, -0.2) is 23.3 Å². The number of phenols is 1. The number of anilines is 1. The molecule has 0 saturated heterocycles. The number of sulfonamides is 1.